The number of methoxy groups -OCH3 is 5. The van der Waals surface area contributed by atoms with Crippen molar-refractivity contribution in [3.63, 3.8) is 0 Å². The third-order valence-electron chi connectivity index (χ3n) is 9.26. The highest BCUT2D eigenvalue weighted by Gasteiger charge is 2.26. The third-order valence-corrected chi connectivity index (χ3v) is 9.26. The molecular formula is C37H40N4O10. The molecule has 0 fully saturated rings. The first kappa shape index (κ1) is 36.2. The van der Waals surface area contributed by atoms with Gasteiger partial charge in [-0.15, -0.1) is 0 Å². The van der Waals surface area contributed by atoms with E-state index >= 15 is 0 Å². The average molecular weight is 701 g/mol. The fraction of sp³-hybridized carbons (Fsp3) is 0.324. The zero-order chi connectivity index (χ0) is 37.1. The number of carbonyl (C=O) groups excluding carboxylic acids is 5. The van der Waals surface area contributed by atoms with Gasteiger partial charge >= 0.3 is 29.8 Å². The SMILES string of the molecule is COC(=O)Cc1c2[nH]c(c1C)C=c1[nH]c(c(C)c1CC(=O)OC)=Cc1[nH]c(c(C(=O)OC)c1CC(=O)OC)C=c1[nH]c(c(C)c1CC(=O)OC)=C2. The second kappa shape index (κ2) is 14.8. The van der Waals surface area contributed by atoms with Crippen LogP contribution >= 0.6 is 0 Å². The van der Waals surface area contributed by atoms with Crippen molar-refractivity contribution in [2.45, 2.75) is 46.5 Å². The first-order valence-electron chi connectivity index (χ1n) is 16.0. The van der Waals surface area contributed by atoms with Gasteiger partial charge in [0.1, 0.15) is 0 Å². The Morgan fingerprint density at radius 2 is 0.804 bits per heavy atom. The summed E-state index contributed by atoms with van der Waals surface area (Å²) in [6.45, 7) is 5.57. The summed E-state index contributed by atoms with van der Waals surface area (Å²) < 4.78 is 25.2. The van der Waals surface area contributed by atoms with Gasteiger partial charge in [0.2, 0.25) is 0 Å². The number of ether oxygens (including phenoxy) is 5. The molecule has 4 N–H and O–H groups in total. The average Bonchev–Trinajstić information content (AvgIpc) is 3.79. The fourth-order valence-corrected chi connectivity index (χ4v) is 6.30. The molecule has 1 aliphatic heterocycles. The van der Waals surface area contributed by atoms with Gasteiger partial charge in [0.15, 0.2) is 0 Å². The molecule has 5 heterocycles. The first-order chi connectivity index (χ1) is 24.3. The molecule has 4 aromatic heterocycles. The van der Waals surface area contributed by atoms with E-state index in [1.165, 1.54) is 35.5 Å². The minimum atomic E-state index is -0.705. The van der Waals surface area contributed by atoms with Crippen LogP contribution in [0.15, 0.2) is 0 Å². The zero-order valence-electron chi connectivity index (χ0n) is 29.7. The number of rotatable bonds is 9. The van der Waals surface area contributed by atoms with E-state index in [2.05, 4.69) is 19.9 Å². The van der Waals surface area contributed by atoms with Gasteiger partial charge in [0, 0.05) is 44.0 Å². The number of aromatic amines is 4. The molecule has 8 bridgehead atoms. The van der Waals surface area contributed by atoms with E-state index in [0.717, 1.165) is 16.7 Å². The van der Waals surface area contributed by atoms with Crippen LogP contribution in [0, 0.1) is 20.8 Å². The van der Waals surface area contributed by atoms with Crippen LogP contribution < -0.4 is 21.4 Å². The molecular weight excluding hydrogens is 660 g/mol. The molecule has 1 aliphatic rings. The van der Waals surface area contributed by atoms with Gasteiger partial charge < -0.3 is 43.6 Å². The van der Waals surface area contributed by atoms with Crippen LogP contribution in [0.1, 0.15) is 72.1 Å². The van der Waals surface area contributed by atoms with Crippen molar-refractivity contribution in [3.8, 4) is 0 Å². The third kappa shape index (κ3) is 7.16. The van der Waals surface area contributed by atoms with Gasteiger partial charge in [0.05, 0.1) is 72.5 Å². The number of H-pyrrole nitrogens is 4. The Bertz CT molecular complexity index is 2330. The van der Waals surface area contributed by atoms with E-state index in [1.807, 2.05) is 32.9 Å². The van der Waals surface area contributed by atoms with Crippen LogP contribution in [0.25, 0.3) is 24.3 Å². The van der Waals surface area contributed by atoms with E-state index in [0.29, 0.717) is 66.4 Å². The second-order valence-electron chi connectivity index (χ2n) is 12.1. The molecule has 51 heavy (non-hydrogen) atoms. The summed E-state index contributed by atoms with van der Waals surface area (Å²) in [4.78, 5) is 77.5. The van der Waals surface area contributed by atoms with Gasteiger partial charge in [-0.3, -0.25) is 19.2 Å². The normalized spacial score (nSPS) is 11.7. The van der Waals surface area contributed by atoms with Gasteiger partial charge in [-0.25, -0.2) is 4.79 Å². The summed E-state index contributed by atoms with van der Waals surface area (Å²) >= 11 is 0. The molecule has 0 saturated carbocycles. The van der Waals surface area contributed by atoms with Gasteiger partial charge in [-0.1, -0.05) is 0 Å². The van der Waals surface area contributed by atoms with Crippen LogP contribution in [0.2, 0.25) is 0 Å². The smallest absolute Gasteiger partial charge is 0.340 e. The molecule has 0 radical (unpaired) electrons. The summed E-state index contributed by atoms with van der Waals surface area (Å²) in [5, 5.41) is 2.28. The molecule has 0 atom stereocenters. The van der Waals surface area contributed by atoms with E-state index in [-0.39, 0.29) is 31.2 Å². The quantitative estimate of drug-likeness (QED) is 0.122. The lowest BCUT2D eigenvalue weighted by Gasteiger charge is -2.04. The standard InChI is InChI=1S/C37H40N4O10/c1-17-20(9-32(42)47-4)27-14-25-19(3)22(11-34(44)49-6)29(40-25)16-31-36(37(46)51-8)23(12-35(45)50-7)30(41-31)15-26-18(2)21(10-33(43)48-5)28(39-26)13-24(17)38-27/h13-16,38-41H,9-12H2,1-8H3. The zero-order valence-corrected chi connectivity index (χ0v) is 29.7. The van der Waals surface area contributed by atoms with Crippen molar-refractivity contribution < 1.29 is 47.7 Å². The highest BCUT2D eigenvalue weighted by atomic mass is 16.5. The molecule has 268 valence electrons. The fourth-order valence-electron chi connectivity index (χ4n) is 6.30. The Kier molecular flexibility index (Phi) is 10.5. The monoisotopic (exact) mass is 700 g/mol. The summed E-state index contributed by atoms with van der Waals surface area (Å²) in [7, 11) is 6.43. The first-order valence-corrected chi connectivity index (χ1v) is 16.0. The van der Waals surface area contributed by atoms with Crippen LogP contribution in [0.3, 0.4) is 0 Å². The van der Waals surface area contributed by atoms with E-state index in [4.69, 9.17) is 23.7 Å². The summed E-state index contributed by atoms with van der Waals surface area (Å²) in [5.74, 6) is -2.67. The van der Waals surface area contributed by atoms with E-state index in [1.54, 1.807) is 12.2 Å². The number of nitrogens with one attached hydrogen (secondary N) is 4. The lowest BCUT2D eigenvalue weighted by molar-refractivity contribution is -0.140. The minimum Gasteiger partial charge on any atom is -0.469 e. The minimum absolute atomic E-state index is 0.0273. The molecule has 0 saturated heterocycles. The lowest BCUT2D eigenvalue weighted by Crippen LogP contribution is -2.17. The van der Waals surface area contributed by atoms with Crippen LogP contribution in [-0.4, -0.2) is 85.3 Å². The molecule has 0 unspecified atom stereocenters. The van der Waals surface area contributed by atoms with Crippen molar-refractivity contribution in [2.24, 2.45) is 0 Å². The molecule has 0 aliphatic carbocycles. The number of fused-ring (bicyclic) bond motifs is 8. The maximum Gasteiger partial charge on any atom is 0.340 e. The molecule has 14 nitrogen and oxygen atoms in total. The Labute approximate surface area is 292 Å². The number of hydrogen-bond donors (Lipinski definition) is 4. The number of carbonyl (C=O) groups is 5. The largest absolute Gasteiger partial charge is 0.469 e. The van der Waals surface area contributed by atoms with E-state index < -0.39 is 29.8 Å². The summed E-state index contributed by atoms with van der Waals surface area (Å²) in [6.07, 6.45) is 6.66. The van der Waals surface area contributed by atoms with Crippen LogP contribution in [-0.2, 0) is 68.5 Å². The van der Waals surface area contributed by atoms with E-state index in [9.17, 15) is 24.0 Å². The lowest BCUT2D eigenvalue weighted by atomic mass is 10.0. The number of aromatic nitrogens is 4. The highest BCUT2D eigenvalue weighted by Crippen LogP contribution is 2.25. The molecule has 0 spiro atoms. The summed E-state index contributed by atoms with van der Waals surface area (Å²) in [6, 6.07) is 0. The van der Waals surface area contributed by atoms with Crippen molar-refractivity contribution in [1.29, 1.82) is 0 Å². The second-order valence-corrected chi connectivity index (χ2v) is 12.1. The maximum absolute atomic E-state index is 13.4. The molecule has 0 aromatic carbocycles. The van der Waals surface area contributed by atoms with Gasteiger partial charge in [-0.2, -0.15) is 0 Å². The van der Waals surface area contributed by atoms with Crippen LogP contribution in [0.5, 0.6) is 0 Å². The molecule has 4 aromatic rings. The van der Waals surface area contributed by atoms with Crippen molar-refractivity contribution in [2.75, 3.05) is 35.5 Å². The van der Waals surface area contributed by atoms with Crippen molar-refractivity contribution in [1.82, 2.24) is 19.9 Å². The van der Waals surface area contributed by atoms with Crippen molar-refractivity contribution >= 4 is 54.2 Å². The predicted molar refractivity (Wildman–Crippen MR) is 184 cm³/mol. The topological polar surface area (TPSA) is 195 Å². The summed E-state index contributed by atoms with van der Waals surface area (Å²) in [5.41, 5.74) is 6.55. The van der Waals surface area contributed by atoms with Gasteiger partial charge in [0.25, 0.3) is 0 Å². The molecule has 5 rings (SSSR count). The van der Waals surface area contributed by atoms with Gasteiger partial charge in [-0.05, 0) is 78.5 Å². The molecule has 0 amide bonds. The Morgan fingerprint density at radius 1 is 0.431 bits per heavy atom. The Morgan fingerprint density at radius 3 is 1.25 bits per heavy atom. The maximum atomic E-state index is 13.4. The highest BCUT2D eigenvalue weighted by molar-refractivity contribution is 5.97. The molecule has 14 heteroatoms. The van der Waals surface area contributed by atoms with Crippen molar-refractivity contribution in [3.05, 3.63) is 88.7 Å². The Balaban J connectivity index is 2.00. The Hall–Kier alpha value is -6.05. The van der Waals surface area contributed by atoms with Crippen LogP contribution in [0.4, 0.5) is 0 Å². The number of hydrogen-bond acceptors (Lipinski definition) is 10. The number of esters is 5. The predicted octanol–water partition coefficient (Wildman–Crippen LogP) is 0.201.